The van der Waals surface area contributed by atoms with E-state index in [0.717, 1.165) is 19.5 Å². The zero-order chi connectivity index (χ0) is 14.5. The third kappa shape index (κ3) is 3.81. The van der Waals surface area contributed by atoms with Crippen LogP contribution in [0.1, 0.15) is 31.4 Å². The Morgan fingerprint density at radius 3 is 2.80 bits per heavy atom. The van der Waals surface area contributed by atoms with Crippen molar-refractivity contribution in [3.05, 3.63) is 18.0 Å². The van der Waals surface area contributed by atoms with Gasteiger partial charge in [-0.15, -0.1) is 0 Å². The fourth-order valence-corrected chi connectivity index (χ4v) is 3.04. The van der Waals surface area contributed by atoms with Gasteiger partial charge in [-0.3, -0.25) is 4.68 Å². The summed E-state index contributed by atoms with van der Waals surface area (Å²) in [6, 6.07) is 0.854. The van der Waals surface area contributed by atoms with Crippen molar-refractivity contribution in [2.45, 2.75) is 31.8 Å². The van der Waals surface area contributed by atoms with E-state index in [-0.39, 0.29) is 0 Å². The molecule has 0 radical (unpaired) electrons. The molecule has 2 unspecified atom stereocenters. The first-order valence-electron chi connectivity index (χ1n) is 7.72. The molecule has 0 amide bonds. The second-order valence-corrected chi connectivity index (χ2v) is 6.04. The molecule has 1 N–H and O–H groups in total. The minimum absolute atomic E-state index is 0.356. The molecule has 1 fully saturated rings. The van der Waals surface area contributed by atoms with E-state index in [2.05, 4.69) is 47.4 Å². The smallest absolute Gasteiger partial charge is 0.0538 e. The molecule has 2 rings (SSSR count). The summed E-state index contributed by atoms with van der Waals surface area (Å²) < 4.78 is 1.90. The fourth-order valence-electron chi connectivity index (χ4n) is 3.04. The number of hydrogen-bond acceptors (Lipinski definition) is 4. The van der Waals surface area contributed by atoms with Gasteiger partial charge in [0.2, 0.25) is 0 Å². The van der Waals surface area contributed by atoms with E-state index in [1.165, 1.54) is 25.1 Å². The average molecular weight is 279 g/mol. The Bertz CT molecular complexity index is 403. The van der Waals surface area contributed by atoms with Gasteiger partial charge in [-0.05, 0) is 46.6 Å². The normalized spacial score (nSPS) is 23.7. The largest absolute Gasteiger partial charge is 0.308 e. The van der Waals surface area contributed by atoms with Crippen LogP contribution in [-0.2, 0) is 7.05 Å². The maximum Gasteiger partial charge on any atom is 0.0538 e. The van der Waals surface area contributed by atoms with Crippen LogP contribution >= 0.6 is 0 Å². The summed E-state index contributed by atoms with van der Waals surface area (Å²) in [4.78, 5) is 4.95. The third-order valence-electron chi connectivity index (χ3n) is 4.20. The van der Waals surface area contributed by atoms with Gasteiger partial charge in [0.1, 0.15) is 0 Å². The van der Waals surface area contributed by atoms with Crippen molar-refractivity contribution in [2.75, 3.05) is 40.3 Å². The molecular formula is C15H29N5. The summed E-state index contributed by atoms with van der Waals surface area (Å²) in [5.41, 5.74) is 1.30. The standard InChI is InChI=1S/C15H29N5/c1-5-7-16-15(13-10-17-20(4)11-13)14-12-18(2)8-6-9-19(14)3/h10-11,14-16H,5-9,12H2,1-4H3. The summed E-state index contributed by atoms with van der Waals surface area (Å²) in [6.45, 7) is 6.73. The zero-order valence-electron chi connectivity index (χ0n) is 13.3. The van der Waals surface area contributed by atoms with Crippen molar-refractivity contribution in [1.82, 2.24) is 24.9 Å². The lowest BCUT2D eigenvalue weighted by Crippen LogP contribution is -2.47. The molecule has 1 aliphatic rings. The maximum absolute atomic E-state index is 4.35. The van der Waals surface area contributed by atoms with Gasteiger partial charge in [-0.1, -0.05) is 6.92 Å². The number of aryl methyl sites for hydroxylation is 1. The highest BCUT2D eigenvalue weighted by molar-refractivity contribution is 5.14. The molecule has 5 nitrogen and oxygen atoms in total. The first-order chi connectivity index (χ1) is 9.61. The molecule has 2 heterocycles. The lowest BCUT2D eigenvalue weighted by molar-refractivity contribution is 0.178. The molecule has 5 heteroatoms. The number of nitrogens with zero attached hydrogens (tertiary/aromatic N) is 4. The van der Waals surface area contributed by atoms with Gasteiger partial charge in [-0.2, -0.15) is 5.10 Å². The lowest BCUT2D eigenvalue weighted by Gasteiger charge is -2.34. The summed E-state index contributed by atoms with van der Waals surface area (Å²) in [6.07, 6.45) is 6.55. The van der Waals surface area contributed by atoms with E-state index in [1.807, 2.05) is 17.9 Å². The Morgan fingerprint density at radius 2 is 2.15 bits per heavy atom. The minimum atomic E-state index is 0.356. The summed E-state index contributed by atoms with van der Waals surface area (Å²) in [5, 5.41) is 8.08. The molecule has 1 aromatic heterocycles. The third-order valence-corrected chi connectivity index (χ3v) is 4.20. The zero-order valence-corrected chi connectivity index (χ0v) is 13.3. The van der Waals surface area contributed by atoms with Gasteiger partial charge in [0, 0.05) is 31.4 Å². The van der Waals surface area contributed by atoms with E-state index in [4.69, 9.17) is 0 Å². The van der Waals surface area contributed by atoms with Crippen LogP contribution in [0.4, 0.5) is 0 Å². The average Bonchev–Trinajstić information content (AvgIpc) is 2.76. The molecule has 20 heavy (non-hydrogen) atoms. The highest BCUT2D eigenvalue weighted by atomic mass is 15.3. The Morgan fingerprint density at radius 1 is 1.35 bits per heavy atom. The van der Waals surface area contributed by atoms with E-state index in [0.29, 0.717) is 12.1 Å². The quantitative estimate of drug-likeness (QED) is 0.875. The SMILES string of the molecule is CCCNC(c1cnn(C)c1)C1CN(C)CCCN1C. The van der Waals surface area contributed by atoms with E-state index in [1.54, 1.807) is 0 Å². The molecule has 1 aliphatic heterocycles. The Labute approximate surface area is 122 Å². The molecule has 1 saturated heterocycles. The molecule has 0 aromatic carbocycles. The first kappa shape index (κ1) is 15.5. The van der Waals surface area contributed by atoms with E-state index >= 15 is 0 Å². The Balaban J connectivity index is 2.19. The lowest BCUT2D eigenvalue weighted by atomic mass is 10.0. The van der Waals surface area contributed by atoms with Crippen LogP contribution < -0.4 is 5.32 Å². The predicted octanol–water partition coefficient (Wildman–Crippen LogP) is 1.10. The molecule has 1 aromatic rings. The van der Waals surface area contributed by atoms with Gasteiger partial charge in [0.05, 0.1) is 12.2 Å². The molecule has 0 aliphatic carbocycles. The van der Waals surface area contributed by atoms with Crippen LogP contribution in [0.15, 0.2) is 12.4 Å². The second-order valence-electron chi connectivity index (χ2n) is 6.04. The van der Waals surface area contributed by atoms with Crippen molar-refractivity contribution in [1.29, 1.82) is 0 Å². The van der Waals surface area contributed by atoms with Crippen LogP contribution in [0.2, 0.25) is 0 Å². The van der Waals surface area contributed by atoms with Crippen molar-refractivity contribution in [2.24, 2.45) is 7.05 Å². The number of aromatic nitrogens is 2. The van der Waals surface area contributed by atoms with Crippen molar-refractivity contribution >= 4 is 0 Å². The number of hydrogen-bond donors (Lipinski definition) is 1. The van der Waals surface area contributed by atoms with Gasteiger partial charge in [0.15, 0.2) is 0 Å². The van der Waals surface area contributed by atoms with E-state index in [9.17, 15) is 0 Å². The molecule has 2 atom stereocenters. The van der Waals surface area contributed by atoms with Gasteiger partial charge in [0.25, 0.3) is 0 Å². The molecule has 114 valence electrons. The first-order valence-corrected chi connectivity index (χ1v) is 7.72. The van der Waals surface area contributed by atoms with Crippen LogP contribution in [-0.4, -0.2) is 65.9 Å². The molecule has 0 bridgehead atoms. The summed E-state index contributed by atoms with van der Waals surface area (Å²) >= 11 is 0. The van der Waals surface area contributed by atoms with Crippen LogP contribution in [0.5, 0.6) is 0 Å². The highest BCUT2D eigenvalue weighted by Crippen LogP contribution is 2.22. The Hall–Kier alpha value is -0.910. The van der Waals surface area contributed by atoms with Gasteiger partial charge >= 0.3 is 0 Å². The van der Waals surface area contributed by atoms with Gasteiger partial charge < -0.3 is 15.1 Å². The Kier molecular flexibility index (Phi) is 5.57. The number of nitrogens with one attached hydrogen (secondary N) is 1. The van der Waals surface area contributed by atoms with Crippen LogP contribution in [0, 0.1) is 0 Å². The second kappa shape index (κ2) is 7.20. The monoisotopic (exact) mass is 279 g/mol. The summed E-state index contributed by atoms with van der Waals surface area (Å²) in [7, 11) is 6.47. The number of rotatable bonds is 5. The summed E-state index contributed by atoms with van der Waals surface area (Å²) in [5.74, 6) is 0. The van der Waals surface area contributed by atoms with Crippen molar-refractivity contribution < 1.29 is 0 Å². The van der Waals surface area contributed by atoms with Crippen LogP contribution in [0.3, 0.4) is 0 Å². The number of likely N-dealkylation sites (N-methyl/N-ethyl adjacent to an activating group) is 2. The molecule has 0 spiro atoms. The minimum Gasteiger partial charge on any atom is -0.308 e. The highest BCUT2D eigenvalue weighted by Gasteiger charge is 2.29. The maximum atomic E-state index is 4.35. The predicted molar refractivity (Wildman–Crippen MR) is 82.8 cm³/mol. The van der Waals surface area contributed by atoms with Gasteiger partial charge in [-0.25, -0.2) is 0 Å². The fraction of sp³-hybridized carbons (Fsp3) is 0.800. The van der Waals surface area contributed by atoms with Crippen molar-refractivity contribution in [3.8, 4) is 0 Å². The topological polar surface area (TPSA) is 36.3 Å². The van der Waals surface area contributed by atoms with Crippen LogP contribution in [0.25, 0.3) is 0 Å². The molecule has 0 saturated carbocycles. The van der Waals surface area contributed by atoms with E-state index < -0.39 is 0 Å². The molecular weight excluding hydrogens is 250 g/mol. The van der Waals surface area contributed by atoms with Crippen molar-refractivity contribution in [3.63, 3.8) is 0 Å².